The second-order valence-electron chi connectivity index (χ2n) is 3.55. The van der Waals surface area contributed by atoms with Gasteiger partial charge in [-0.05, 0) is 19.4 Å². The first-order valence-electron chi connectivity index (χ1n) is 5.10. The number of carbonyl (C=O) groups is 1. The number of hydrogen-bond donors (Lipinski definition) is 0. The van der Waals surface area contributed by atoms with Gasteiger partial charge < -0.3 is 4.74 Å². The first kappa shape index (κ1) is 13.4. The van der Waals surface area contributed by atoms with Crippen molar-refractivity contribution < 1.29 is 14.5 Å². The third-order valence-electron chi connectivity index (χ3n) is 2.26. The van der Waals surface area contributed by atoms with Crippen molar-refractivity contribution in [1.82, 2.24) is 0 Å². The maximum atomic E-state index is 11.7. The molecule has 0 fully saturated rings. The summed E-state index contributed by atoms with van der Waals surface area (Å²) in [6, 6.07) is 3.67. The third-order valence-corrected chi connectivity index (χ3v) is 2.59. The van der Waals surface area contributed by atoms with Gasteiger partial charge in [0.05, 0.1) is 21.6 Å². The van der Waals surface area contributed by atoms with Crippen LogP contribution in [0.2, 0.25) is 5.02 Å². The van der Waals surface area contributed by atoms with Crippen LogP contribution in [0, 0.1) is 10.1 Å². The largest absolute Gasteiger partial charge is 0.459 e. The SMILES string of the molecule is CCC(C)OC(=O)c1cc([N+](=O)[O-])ccc1Cl. The van der Waals surface area contributed by atoms with Gasteiger partial charge in [0.15, 0.2) is 0 Å². The van der Waals surface area contributed by atoms with Crippen LogP contribution in [0.3, 0.4) is 0 Å². The van der Waals surface area contributed by atoms with E-state index >= 15 is 0 Å². The number of carbonyl (C=O) groups excluding carboxylic acids is 1. The number of nitrogens with zero attached hydrogens (tertiary/aromatic N) is 1. The zero-order chi connectivity index (χ0) is 13.0. The number of nitro benzene ring substituents is 1. The molecule has 1 rings (SSSR count). The van der Waals surface area contributed by atoms with E-state index in [0.717, 1.165) is 6.07 Å². The Bertz CT molecular complexity index is 447. The van der Waals surface area contributed by atoms with Crippen LogP contribution in [-0.2, 0) is 4.74 Å². The molecule has 0 aromatic heterocycles. The topological polar surface area (TPSA) is 69.4 Å². The summed E-state index contributed by atoms with van der Waals surface area (Å²) in [5.41, 5.74) is -0.174. The normalized spacial score (nSPS) is 11.9. The third kappa shape index (κ3) is 3.42. The summed E-state index contributed by atoms with van der Waals surface area (Å²) < 4.78 is 5.06. The minimum atomic E-state index is -0.645. The molecule has 1 aromatic carbocycles. The average Bonchev–Trinajstić information content (AvgIpc) is 2.28. The number of ether oxygens (including phenoxy) is 1. The highest BCUT2D eigenvalue weighted by Crippen LogP contribution is 2.23. The molecule has 1 unspecified atom stereocenters. The molecule has 0 bridgehead atoms. The predicted molar refractivity (Wildman–Crippen MR) is 63.3 cm³/mol. The number of non-ortho nitro benzene ring substituents is 1. The minimum absolute atomic E-state index is 0.0150. The maximum Gasteiger partial charge on any atom is 0.340 e. The molecule has 0 aliphatic carbocycles. The molecule has 1 atom stereocenters. The van der Waals surface area contributed by atoms with Crippen LogP contribution in [0.1, 0.15) is 30.6 Å². The quantitative estimate of drug-likeness (QED) is 0.472. The van der Waals surface area contributed by atoms with Crippen LogP contribution >= 0.6 is 11.6 Å². The fraction of sp³-hybridized carbons (Fsp3) is 0.364. The van der Waals surface area contributed by atoms with Gasteiger partial charge in [0, 0.05) is 12.1 Å². The average molecular weight is 258 g/mol. The lowest BCUT2D eigenvalue weighted by molar-refractivity contribution is -0.384. The van der Waals surface area contributed by atoms with Gasteiger partial charge >= 0.3 is 5.97 Å². The van der Waals surface area contributed by atoms with Crippen LogP contribution < -0.4 is 0 Å². The Hall–Kier alpha value is -1.62. The smallest absolute Gasteiger partial charge is 0.340 e. The Balaban J connectivity index is 3.00. The van der Waals surface area contributed by atoms with Crippen molar-refractivity contribution in [3.63, 3.8) is 0 Å². The lowest BCUT2D eigenvalue weighted by Crippen LogP contribution is -2.14. The van der Waals surface area contributed by atoms with Gasteiger partial charge in [-0.3, -0.25) is 10.1 Å². The molecule has 6 heteroatoms. The molecular weight excluding hydrogens is 246 g/mol. The molecule has 0 heterocycles. The van der Waals surface area contributed by atoms with Gasteiger partial charge in [-0.1, -0.05) is 18.5 Å². The van der Waals surface area contributed by atoms with E-state index in [-0.39, 0.29) is 22.4 Å². The highest BCUT2D eigenvalue weighted by Gasteiger charge is 2.18. The van der Waals surface area contributed by atoms with Crippen LogP contribution in [0.15, 0.2) is 18.2 Å². The van der Waals surface area contributed by atoms with Crippen molar-refractivity contribution in [2.75, 3.05) is 0 Å². The van der Waals surface area contributed by atoms with Crippen molar-refractivity contribution in [2.24, 2.45) is 0 Å². The summed E-state index contributed by atoms with van der Waals surface area (Å²) in [6.07, 6.45) is 0.413. The second-order valence-corrected chi connectivity index (χ2v) is 3.95. The van der Waals surface area contributed by atoms with Crippen LogP contribution in [0.4, 0.5) is 5.69 Å². The van der Waals surface area contributed by atoms with Gasteiger partial charge in [0.2, 0.25) is 0 Å². The molecule has 0 saturated carbocycles. The molecule has 0 N–H and O–H groups in total. The summed E-state index contributed by atoms with van der Waals surface area (Å²) >= 11 is 5.80. The van der Waals surface area contributed by atoms with E-state index in [1.807, 2.05) is 6.92 Å². The van der Waals surface area contributed by atoms with E-state index < -0.39 is 10.9 Å². The number of benzene rings is 1. The van der Waals surface area contributed by atoms with Gasteiger partial charge in [0.25, 0.3) is 5.69 Å². The Morgan fingerprint density at radius 2 is 2.24 bits per heavy atom. The Kier molecular flexibility index (Phi) is 4.45. The van der Waals surface area contributed by atoms with Crippen molar-refractivity contribution >= 4 is 23.3 Å². The van der Waals surface area contributed by atoms with E-state index in [1.54, 1.807) is 6.92 Å². The minimum Gasteiger partial charge on any atom is -0.459 e. The zero-order valence-electron chi connectivity index (χ0n) is 9.47. The lowest BCUT2D eigenvalue weighted by atomic mass is 10.2. The van der Waals surface area contributed by atoms with Crippen molar-refractivity contribution in [1.29, 1.82) is 0 Å². The number of nitro groups is 1. The zero-order valence-corrected chi connectivity index (χ0v) is 10.2. The summed E-state index contributed by atoms with van der Waals surface area (Å²) in [5.74, 6) is -0.645. The fourth-order valence-electron chi connectivity index (χ4n) is 1.11. The number of esters is 1. The molecule has 0 radical (unpaired) electrons. The lowest BCUT2D eigenvalue weighted by Gasteiger charge is -2.11. The summed E-state index contributed by atoms with van der Waals surface area (Å²) in [5, 5.41) is 10.7. The Morgan fingerprint density at radius 1 is 1.59 bits per heavy atom. The fourth-order valence-corrected chi connectivity index (χ4v) is 1.31. The van der Waals surface area contributed by atoms with Crippen LogP contribution in [0.25, 0.3) is 0 Å². The number of hydrogen-bond acceptors (Lipinski definition) is 4. The Labute approximate surface area is 103 Å². The summed E-state index contributed by atoms with van der Waals surface area (Å²) in [6.45, 7) is 3.61. The standard InChI is InChI=1S/C11H12ClNO4/c1-3-7(2)17-11(14)9-6-8(13(15)16)4-5-10(9)12/h4-7H,3H2,1-2H3. The highest BCUT2D eigenvalue weighted by molar-refractivity contribution is 6.33. The summed E-state index contributed by atoms with van der Waals surface area (Å²) in [4.78, 5) is 21.7. The van der Waals surface area contributed by atoms with Crippen molar-refractivity contribution in [3.8, 4) is 0 Å². The number of halogens is 1. The highest BCUT2D eigenvalue weighted by atomic mass is 35.5. The van der Waals surface area contributed by atoms with Crippen molar-refractivity contribution in [2.45, 2.75) is 26.4 Å². The molecule has 1 aromatic rings. The van der Waals surface area contributed by atoms with E-state index in [4.69, 9.17) is 16.3 Å². The van der Waals surface area contributed by atoms with Crippen molar-refractivity contribution in [3.05, 3.63) is 38.9 Å². The van der Waals surface area contributed by atoms with Gasteiger partial charge in [-0.25, -0.2) is 4.79 Å². The molecular formula is C11H12ClNO4. The maximum absolute atomic E-state index is 11.7. The molecule has 17 heavy (non-hydrogen) atoms. The molecule has 92 valence electrons. The first-order chi connectivity index (χ1) is 7.95. The van der Waals surface area contributed by atoms with E-state index in [9.17, 15) is 14.9 Å². The summed E-state index contributed by atoms with van der Waals surface area (Å²) in [7, 11) is 0. The second kappa shape index (κ2) is 5.63. The predicted octanol–water partition coefficient (Wildman–Crippen LogP) is 3.20. The molecule has 0 aliphatic rings. The first-order valence-corrected chi connectivity index (χ1v) is 5.48. The van der Waals surface area contributed by atoms with Gasteiger partial charge in [-0.2, -0.15) is 0 Å². The molecule has 0 amide bonds. The molecule has 0 spiro atoms. The van der Waals surface area contributed by atoms with Crippen LogP contribution in [0.5, 0.6) is 0 Å². The van der Waals surface area contributed by atoms with Crippen LogP contribution in [-0.4, -0.2) is 17.0 Å². The van der Waals surface area contributed by atoms with E-state index in [0.29, 0.717) is 6.42 Å². The number of rotatable bonds is 4. The van der Waals surface area contributed by atoms with E-state index in [1.165, 1.54) is 12.1 Å². The van der Waals surface area contributed by atoms with E-state index in [2.05, 4.69) is 0 Å². The molecule has 5 nitrogen and oxygen atoms in total. The molecule has 0 aliphatic heterocycles. The Morgan fingerprint density at radius 3 is 2.76 bits per heavy atom. The monoisotopic (exact) mass is 257 g/mol. The van der Waals surface area contributed by atoms with Gasteiger partial charge in [0.1, 0.15) is 0 Å². The van der Waals surface area contributed by atoms with Gasteiger partial charge in [-0.15, -0.1) is 0 Å². The molecule has 0 saturated heterocycles.